The molecule has 0 aliphatic heterocycles. The molecule has 0 spiro atoms. The maximum Gasteiger partial charge on any atom is 0.109 e. The highest BCUT2D eigenvalue weighted by Gasteiger charge is 2.10. The lowest BCUT2D eigenvalue weighted by Crippen LogP contribution is -2.23. The summed E-state index contributed by atoms with van der Waals surface area (Å²) in [6.45, 7) is 5.05. The predicted molar refractivity (Wildman–Crippen MR) is 67.4 cm³/mol. The molecule has 0 saturated carbocycles. The SMILES string of the molecule is CCCc1nc2ccccc2n1CC(C)N. The molecule has 2 rings (SSSR count). The van der Waals surface area contributed by atoms with Crippen LogP contribution in [0, 0.1) is 0 Å². The summed E-state index contributed by atoms with van der Waals surface area (Å²) in [5.74, 6) is 1.15. The summed E-state index contributed by atoms with van der Waals surface area (Å²) in [4.78, 5) is 4.66. The third-order valence-corrected chi connectivity index (χ3v) is 2.68. The predicted octanol–water partition coefficient (Wildman–Crippen LogP) is 2.34. The smallest absolute Gasteiger partial charge is 0.109 e. The molecule has 1 aromatic carbocycles. The largest absolute Gasteiger partial charge is 0.326 e. The summed E-state index contributed by atoms with van der Waals surface area (Å²) in [6.07, 6.45) is 2.13. The fourth-order valence-electron chi connectivity index (χ4n) is 2.03. The zero-order valence-electron chi connectivity index (χ0n) is 9.98. The van der Waals surface area contributed by atoms with Crippen molar-refractivity contribution in [2.24, 2.45) is 5.73 Å². The minimum absolute atomic E-state index is 0.160. The van der Waals surface area contributed by atoms with Crippen molar-refractivity contribution < 1.29 is 0 Å². The van der Waals surface area contributed by atoms with Crippen LogP contribution in [0.15, 0.2) is 24.3 Å². The minimum Gasteiger partial charge on any atom is -0.326 e. The number of aryl methyl sites for hydroxylation is 1. The van der Waals surface area contributed by atoms with E-state index in [1.165, 1.54) is 5.52 Å². The first kappa shape index (κ1) is 11.1. The van der Waals surface area contributed by atoms with Crippen LogP contribution < -0.4 is 5.73 Å². The molecular weight excluding hydrogens is 198 g/mol. The first-order valence-corrected chi connectivity index (χ1v) is 5.92. The Bertz CT molecular complexity index is 471. The molecule has 0 aliphatic rings. The number of aromatic nitrogens is 2. The molecule has 86 valence electrons. The van der Waals surface area contributed by atoms with Crippen molar-refractivity contribution in [1.82, 2.24) is 9.55 Å². The third-order valence-electron chi connectivity index (χ3n) is 2.68. The Morgan fingerprint density at radius 1 is 1.38 bits per heavy atom. The molecule has 0 radical (unpaired) electrons. The molecule has 1 atom stereocenters. The van der Waals surface area contributed by atoms with Crippen LogP contribution in [0.5, 0.6) is 0 Å². The Hall–Kier alpha value is -1.35. The van der Waals surface area contributed by atoms with Crippen LogP contribution in [0.4, 0.5) is 0 Å². The van der Waals surface area contributed by atoms with Crippen LogP contribution in [-0.2, 0) is 13.0 Å². The lowest BCUT2D eigenvalue weighted by molar-refractivity contribution is 0.575. The number of nitrogens with two attached hydrogens (primary N) is 1. The summed E-state index contributed by atoms with van der Waals surface area (Å²) in [5, 5.41) is 0. The van der Waals surface area contributed by atoms with Crippen molar-refractivity contribution in [2.75, 3.05) is 0 Å². The highest BCUT2D eigenvalue weighted by Crippen LogP contribution is 2.17. The number of para-hydroxylation sites is 2. The van der Waals surface area contributed by atoms with Gasteiger partial charge in [-0.15, -0.1) is 0 Å². The van der Waals surface area contributed by atoms with E-state index in [4.69, 9.17) is 5.73 Å². The summed E-state index contributed by atoms with van der Waals surface area (Å²) >= 11 is 0. The molecule has 2 N–H and O–H groups in total. The van der Waals surface area contributed by atoms with Gasteiger partial charge in [0.2, 0.25) is 0 Å². The zero-order valence-corrected chi connectivity index (χ0v) is 9.98. The van der Waals surface area contributed by atoms with E-state index in [1.807, 2.05) is 13.0 Å². The second kappa shape index (κ2) is 4.66. The number of benzene rings is 1. The van der Waals surface area contributed by atoms with Gasteiger partial charge in [-0.05, 0) is 25.5 Å². The molecular formula is C13H19N3. The number of hydrogen-bond donors (Lipinski definition) is 1. The maximum atomic E-state index is 5.89. The second-order valence-electron chi connectivity index (χ2n) is 4.35. The third kappa shape index (κ3) is 2.09. The van der Waals surface area contributed by atoms with Gasteiger partial charge in [-0.3, -0.25) is 0 Å². The van der Waals surface area contributed by atoms with Crippen LogP contribution in [0.1, 0.15) is 26.1 Å². The van der Waals surface area contributed by atoms with E-state index in [0.717, 1.165) is 30.7 Å². The van der Waals surface area contributed by atoms with Gasteiger partial charge < -0.3 is 10.3 Å². The summed E-state index contributed by atoms with van der Waals surface area (Å²) < 4.78 is 2.25. The Morgan fingerprint density at radius 2 is 2.12 bits per heavy atom. The van der Waals surface area contributed by atoms with Crippen LogP contribution in [0.2, 0.25) is 0 Å². The van der Waals surface area contributed by atoms with E-state index in [9.17, 15) is 0 Å². The Labute approximate surface area is 96.3 Å². The molecule has 3 nitrogen and oxygen atoms in total. The van der Waals surface area contributed by atoms with E-state index in [0.29, 0.717) is 0 Å². The molecule has 1 heterocycles. The van der Waals surface area contributed by atoms with E-state index in [1.54, 1.807) is 0 Å². The molecule has 2 aromatic rings. The number of fused-ring (bicyclic) bond motifs is 1. The highest BCUT2D eigenvalue weighted by molar-refractivity contribution is 5.75. The van der Waals surface area contributed by atoms with Gasteiger partial charge in [0.1, 0.15) is 5.82 Å². The van der Waals surface area contributed by atoms with E-state index >= 15 is 0 Å². The van der Waals surface area contributed by atoms with Gasteiger partial charge in [0.15, 0.2) is 0 Å². The molecule has 1 aromatic heterocycles. The minimum atomic E-state index is 0.160. The first-order chi connectivity index (χ1) is 7.72. The topological polar surface area (TPSA) is 43.8 Å². The van der Waals surface area contributed by atoms with Gasteiger partial charge in [0.05, 0.1) is 11.0 Å². The van der Waals surface area contributed by atoms with Gasteiger partial charge in [0, 0.05) is 19.0 Å². The number of rotatable bonds is 4. The highest BCUT2D eigenvalue weighted by atomic mass is 15.1. The van der Waals surface area contributed by atoms with Gasteiger partial charge in [-0.25, -0.2) is 4.98 Å². The van der Waals surface area contributed by atoms with E-state index in [2.05, 4.69) is 34.7 Å². The summed E-state index contributed by atoms with van der Waals surface area (Å²) in [6, 6.07) is 8.42. The summed E-state index contributed by atoms with van der Waals surface area (Å²) in [5.41, 5.74) is 8.16. The Morgan fingerprint density at radius 3 is 2.81 bits per heavy atom. The number of hydrogen-bond acceptors (Lipinski definition) is 2. The zero-order chi connectivity index (χ0) is 11.5. The average molecular weight is 217 g/mol. The normalized spacial score (nSPS) is 13.2. The molecule has 0 amide bonds. The Kier molecular flexibility index (Phi) is 3.25. The van der Waals surface area contributed by atoms with Crippen LogP contribution in [0.25, 0.3) is 11.0 Å². The molecule has 0 fully saturated rings. The molecule has 3 heteroatoms. The van der Waals surface area contributed by atoms with Gasteiger partial charge in [0.25, 0.3) is 0 Å². The number of imidazole rings is 1. The lowest BCUT2D eigenvalue weighted by atomic mass is 10.3. The van der Waals surface area contributed by atoms with Gasteiger partial charge in [-0.2, -0.15) is 0 Å². The molecule has 1 unspecified atom stereocenters. The van der Waals surface area contributed by atoms with Crippen molar-refractivity contribution >= 4 is 11.0 Å². The van der Waals surface area contributed by atoms with E-state index < -0.39 is 0 Å². The fourth-order valence-corrected chi connectivity index (χ4v) is 2.03. The molecule has 16 heavy (non-hydrogen) atoms. The molecule has 0 saturated heterocycles. The van der Waals surface area contributed by atoms with Crippen LogP contribution in [0.3, 0.4) is 0 Å². The van der Waals surface area contributed by atoms with Crippen LogP contribution >= 0.6 is 0 Å². The van der Waals surface area contributed by atoms with Crippen molar-refractivity contribution in [3.8, 4) is 0 Å². The van der Waals surface area contributed by atoms with Crippen molar-refractivity contribution in [3.63, 3.8) is 0 Å². The first-order valence-electron chi connectivity index (χ1n) is 5.92. The fraction of sp³-hybridized carbons (Fsp3) is 0.462. The number of nitrogens with zero attached hydrogens (tertiary/aromatic N) is 2. The van der Waals surface area contributed by atoms with Crippen molar-refractivity contribution in [2.45, 2.75) is 39.3 Å². The second-order valence-corrected chi connectivity index (χ2v) is 4.35. The van der Waals surface area contributed by atoms with Crippen LogP contribution in [-0.4, -0.2) is 15.6 Å². The quantitative estimate of drug-likeness (QED) is 0.854. The van der Waals surface area contributed by atoms with Gasteiger partial charge >= 0.3 is 0 Å². The summed E-state index contributed by atoms with van der Waals surface area (Å²) in [7, 11) is 0. The maximum absolute atomic E-state index is 5.89. The van der Waals surface area contributed by atoms with Crippen molar-refractivity contribution in [1.29, 1.82) is 0 Å². The molecule has 0 bridgehead atoms. The monoisotopic (exact) mass is 217 g/mol. The Balaban J connectivity index is 2.50. The van der Waals surface area contributed by atoms with Crippen molar-refractivity contribution in [3.05, 3.63) is 30.1 Å². The average Bonchev–Trinajstić information content (AvgIpc) is 2.57. The van der Waals surface area contributed by atoms with Gasteiger partial charge in [-0.1, -0.05) is 19.1 Å². The lowest BCUT2D eigenvalue weighted by Gasteiger charge is -2.11. The molecule has 0 aliphatic carbocycles. The van der Waals surface area contributed by atoms with E-state index in [-0.39, 0.29) is 6.04 Å². The standard InChI is InChI=1S/C13H19N3/c1-3-6-13-15-11-7-4-5-8-12(11)16(13)9-10(2)14/h4-5,7-8,10H,3,6,9,14H2,1-2H3.